The van der Waals surface area contributed by atoms with Crippen LogP contribution in [0.2, 0.25) is 0 Å². The second-order valence-electron chi connectivity index (χ2n) is 6.68. The van der Waals surface area contributed by atoms with E-state index < -0.39 is 0 Å². The maximum absolute atomic E-state index is 12.7. The van der Waals surface area contributed by atoms with Gasteiger partial charge in [-0.25, -0.2) is 0 Å². The molecule has 1 aliphatic heterocycles. The van der Waals surface area contributed by atoms with Crippen molar-refractivity contribution in [1.82, 2.24) is 9.80 Å². The monoisotopic (exact) mass is 356 g/mol. The van der Waals surface area contributed by atoms with Gasteiger partial charge < -0.3 is 0 Å². The van der Waals surface area contributed by atoms with Crippen molar-refractivity contribution in [3.05, 3.63) is 107 Å². The van der Waals surface area contributed by atoms with Gasteiger partial charge in [-0.05, 0) is 23.3 Å². The molecule has 0 bridgehead atoms. The van der Waals surface area contributed by atoms with E-state index in [1.165, 1.54) is 4.90 Å². The van der Waals surface area contributed by atoms with Gasteiger partial charge in [-0.2, -0.15) is 0 Å². The highest BCUT2D eigenvalue weighted by molar-refractivity contribution is 6.21. The summed E-state index contributed by atoms with van der Waals surface area (Å²) < 4.78 is 0. The molecule has 4 rings (SSSR count). The van der Waals surface area contributed by atoms with Gasteiger partial charge in [-0.3, -0.25) is 19.4 Å². The molecule has 0 aromatic heterocycles. The molecular formula is C23H20N2O2. The van der Waals surface area contributed by atoms with Gasteiger partial charge in [-0.1, -0.05) is 72.8 Å². The van der Waals surface area contributed by atoms with Crippen LogP contribution in [-0.2, 0) is 13.1 Å². The first-order valence-corrected chi connectivity index (χ1v) is 8.98. The predicted octanol–water partition coefficient (Wildman–Crippen LogP) is 3.94. The second kappa shape index (κ2) is 7.56. The van der Waals surface area contributed by atoms with Crippen molar-refractivity contribution in [1.29, 1.82) is 0 Å². The standard InChI is InChI=1S/C23H20N2O2/c26-22-20-13-7-8-14-21(20)23(27)25(22)17-24(15-18-9-3-1-4-10-18)16-19-11-5-2-6-12-19/h1-14H,15-17H2. The minimum atomic E-state index is -0.221. The Balaban J connectivity index is 1.57. The number of carbonyl (C=O) groups excluding carboxylic acids is 2. The van der Waals surface area contributed by atoms with E-state index in [0.29, 0.717) is 24.2 Å². The summed E-state index contributed by atoms with van der Waals surface area (Å²) in [6.07, 6.45) is 0. The molecule has 0 unspecified atom stereocenters. The van der Waals surface area contributed by atoms with Crippen molar-refractivity contribution >= 4 is 11.8 Å². The van der Waals surface area contributed by atoms with E-state index in [1.807, 2.05) is 36.4 Å². The minimum Gasteiger partial charge on any atom is -0.277 e. The van der Waals surface area contributed by atoms with Gasteiger partial charge in [-0.15, -0.1) is 0 Å². The van der Waals surface area contributed by atoms with Crippen LogP contribution >= 0.6 is 0 Å². The van der Waals surface area contributed by atoms with Crippen LogP contribution in [0.3, 0.4) is 0 Å². The van der Waals surface area contributed by atoms with E-state index in [9.17, 15) is 9.59 Å². The molecular weight excluding hydrogens is 336 g/mol. The molecule has 0 radical (unpaired) electrons. The number of hydrogen-bond donors (Lipinski definition) is 0. The molecule has 3 aromatic carbocycles. The Morgan fingerprint density at radius 2 is 1.00 bits per heavy atom. The largest absolute Gasteiger partial charge is 0.277 e. The number of rotatable bonds is 6. The van der Waals surface area contributed by atoms with Crippen molar-refractivity contribution in [2.75, 3.05) is 6.67 Å². The van der Waals surface area contributed by atoms with Crippen molar-refractivity contribution in [3.8, 4) is 0 Å². The molecule has 0 aliphatic carbocycles. The average molecular weight is 356 g/mol. The average Bonchev–Trinajstić information content (AvgIpc) is 2.95. The molecule has 1 heterocycles. The van der Waals surface area contributed by atoms with Crippen molar-refractivity contribution in [2.24, 2.45) is 0 Å². The number of fused-ring (bicyclic) bond motifs is 1. The van der Waals surface area contributed by atoms with Crippen molar-refractivity contribution in [3.63, 3.8) is 0 Å². The Hall–Kier alpha value is -3.24. The Labute approximate surface area is 158 Å². The zero-order valence-electron chi connectivity index (χ0n) is 14.9. The predicted molar refractivity (Wildman–Crippen MR) is 104 cm³/mol. The summed E-state index contributed by atoms with van der Waals surface area (Å²) in [5, 5.41) is 0. The van der Waals surface area contributed by atoms with Gasteiger partial charge in [0.1, 0.15) is 0 Å². The third kappa shape index (κ3) is 3.66. The van der Waals surface area contributed by atoms with Crippen LogP contribution in [-0.4, -0.2) is 28.3 Å². The first-order valence-electron chi connectivity index (χ1n) is 8.98. The van der Waals surface area contributed by atoms with E-state index in [-0.39, 0.29) is 18.5 Å². The first-order chi connectivity index (χ1) is 13.2. The molecule has 27 heavy (non-hydrogen) atoms. The van der Waals surface area contributed by atoms with Crippen molar-refractivity contribution in [2.45, 2.75) is 13.1 Å². The molecule has 4 nitrogen and oxygen atoms in total. The molecule has 1 aliphatic rings. The van der Waals surface area contributed by atoms with Gasteiger partial charge in [0.25, 0.3) is 11.8 Å². The van der Waals surface area contributed by atoms with Crippen LogP contribution in [0.15, 0.2) is 84.9 Å². The van der Waals surface area contributed by atoms with E-state index in [1.54, 1.807) is 24.3 Å². The Morgan fingerprint density at radius 3 is 1.44 bits per heavy atom. The third-order valence-corrected chi connectivity index (χ3v) is 4.72. The number of amides is 2. The number of hydrogen-bond acceptors (Lipinski definition) is 3. The lowest BCUT2D eigenvalue weighted by atomic mass is 10.1. The molecule has 2 amide bonds. The Kier molecular flexibility index (Phi) is 4.81. The lowest BCUT2D eigenvalue weighted by Gasteiger charge is -2.27. The first kappa shape index (κ1) is 17.2. The zero-order valence-corrected chi connectivity index (χ0v) is 14.9. The number of benzene rings is 3. The van der Waals surface area contributed by atoms with E-state index in [4.69, 9.17) is 0 Å². The van der Waals surface area contributed by atoms with Gasteiger partial charge in [0, 0.05) is 13.1 Å². The zero-order chi connectivity index (χ0) is 18.6. The molecule has 134 valence electrons. The summed E-state index contributed by atoms with van der Waals surface area (Å²) in [4.78, 5) is 28.9. The van der Waals surface area contributed by atoms with Gasteiger partial charge in [0.05, 0.1) is 17.8 Å². The molecule has 0 atom stereocenters. The van der Waals surface area contributed by atoms with Crippen molar-refractivity contribution < 1.29 is 9.59 Å². The fraction of sp³-hybridized carbons (Fsp3) is 0.130. The molecule has 3 aromatic rings. The topological polar surface area (TPSA) is 40.6 Å². The van der Waals surface area contributed by atoms with Crippen LogP contribution in [0, 0.1) is 0 Å². The lowest BCUT2D eigenvalue weighted by Crippen LogP contribution is -2.40. The SMILES string of the molecule is O=C1c2ccccc2C(=O)N1CN(Cc1ccccc1)Cc1ccccc1. The summed E-state index contributed by atoms with van der Waals surface area (Å²) in [7, 11) is 0. The molecule has 0 N–H and O–H groups in total. The highest BCUT2D eigenvalue weighted by atomic mass is 16.2. The van der Waals surface area contributed by atoms with Gasteiger partial charge in [0.15, 0.2) is 0 Å². The van der Waals surface area contributed by atoms with Crippen LogP contribution in [0.5, 0.6) is 0 Å². The summed E-state index contributed by atoms with van der Waals surface area (Å²) >= 11 is 0. The van der Waals surface area contributed by atoms with Crippen LogP contribution in [0.4, 0.5) is 0 Å². The highest BCUT2D eigenvalue weighted by Crippen LogP contribution is 2.23. The lowest BCUT2D eigenvalue weighted by molar-refractivity contribution is 0.0521. The summed E-state index contributed by atoms with van der Waals surface area (Å²) in [6, 6.07) is 27.2. The maximum atomic E-state index is 12.7. The maximum Gasteiger partial charge on any atom is 0.262 e. The normalized spacial score (nSPS) is 13.3. The van der Waals surface area contributed by atoms with Crippen LogP contribution in [0.25, 0.3) is 0 Å². The van der Waals surface area contributed by atoms with Crippen LogP contribution in [0.1, 0.15) is 31.8 Å². The summed E-state index contributed by atoms with van der Waals surface area (Å²) in [6.45, 7) is 1.57. The third-order valence-electron chi connectivity index (χ3n) is 4.72. The number of imide groups is 1. The molecule has 0 saturated carbocycles. The van der Waals surface area contributed by atoms with Gasteiger partial charge in [0.2, 0.25) is 0 Å². The highest BCUT2D eigenvalue weighted by Gasteiger charge is 2.35. The summed E-state index contributed by atoms with van der Waals surface area (Å²) in [5.74, 6) is -0.441. The van der Waals surface area contributed by atoms with E-state index >= 15 is 0 Å². The fourth-order valence-corrected chi connectivity index (χ4v) is 3.41. The van der Waals surface area contributed by atoms with Gasteiger partial charge >= 0.3 is 0 Å². The van der Waals surface area contributed by atoms with E-state index in [0.717, 1.165) is 11.1 Å². The Bertz CT molecular complexity index is 878. The smallest absolute Gasteiger partial charge is 0.262 e. The van der Waals surface area contributed by atoms with Crippen LogP contribution < -0.4 is 0 Å². The molecule has 0 fully saturated rings. The molecule has 4 heteroatoms. The number of carbonyl (C=O) groups is 2. The minimum absolute atomic E-state index is 0.221. The quantitative estimate of drug-likeness (QED) is 0.628. The number of nitrogens with zero attached hydrogens (tertiary/aromatic N) is 2. The second-order valence-corrected chi connectivity index (χ2v) is 6.68. The Morgan fingerprint density at radius 1 is 0.593 bits per heavy atom. The molecule has 0 spiro atoms. The molecule has 0 saturated heterocycles. The summed E-state index contributed by atoms with van der Waals surface area (Å²) in [5.41, 5.74) is 3.26. The van der Waals surface area contributed by atoms with E-state index in [2.05, 4.69) is 29.2 Å². The fourth-order valence-electron chi connectivity index (χ4n) is 3.41.